The molecule has 0 saturated carbocycles. The number of esters is 1. The lowest BCUT2D eigenvalue weighted by molar-refractivity contribution is -0.123. The molecule has 0 bridgehead atoms. The number of hydrogen-bond acceptors (Lipinski definition) is 6. The third-order valence-electron chi connectivity index (χ3n) is 3.91. The zero-order valence-electron chi connectivity index (χ0n) is 15.3. The number of benzene rings is 2. The number of aryl methyl sites for hydroxylation is 1. The van der Waals surface area contributed by atoms with E-state index in [4.69, 9.17) is 10.00 Å². The van der Waals surface area contributed by atoms with Crippen molar-refractivity contribution in [1.29, 1.82) is 5.26 Å². The number of anilines is 1. The fourth-order valence-electron chi connectivity index (χ4n) is 2.47. The smallest absolute Gasteiger partial charge is 0.351 e. The Labute approximate surface area is 166 Å². The second-order valence-corrected chi connectivity index (χ2v) is 7.03. The number of carbonyl (C=O) groups is 2. The van der Waals surface area contributed by atoms with Crippen LogP contribution in [0.5, 0.6) is 0 Å². The van der Waals surface area contributed by atoms with Gasteiger partial charge in [0.15, 0.2) is 6.10 Å². The van der Waals surface area contributed by atoms with Gasteiger partial charge in [-0.15, -0.1) is 11.3 Å². The highest BCUT2D eigenvalue weighted by Gasteiger charge is 2.23. The highest BCUT2D eigenvalue weighted by atomic mass is 32.1. The van der Waals surface area contributed by atoms with Crippen LogP contribution in [-0.4, -0.2) is 23.0 Å². The minimum atomic E-state index is -1.00. The Bertz CT molecular complexity index is 1050. The molecule has 3 aromatic rings. The summed E-state index contributed by atoms with van der Waals surface area (Å²) in [7, 11) is 0. The van der Waals surface area contributed by atoms with Gasteiger partial charge in [0.2, 0.25) is 0 Å². The van der Waals surface area contributed by atoms with Crippen molar-refractivity contribution in [3.8, 4) is 16.6 Å². The molecule has 0 saturated heterocycles. The summed E-state index contributed by atoms with van der Waals surface area (Å²) in [5, 5.41) is 12.3. The summed E-state index contributed by atoms with van der Waals surface area (Å²) in [5.41, 5.74) is 2.37. The molecule has 3 rings (SSSR count). The van der Waals surface area contributed by atoms with Crippen LogP contribution in [0, 0.1) is 18.3 Å². The zero-order valence-corrected chi connectivity index (χ0v) is 16.1. The van der Waals surface area contributed by atoms with Gasteiger partial charge in [-0.2, -0.15) is 5.26 Å². The first-order chi connectivity index (χ1) is 13.5. The van der Waals surface area contributed by atoms with Gasteiger partial charge in [-0.05, 0) is 32.0 Å². The minimum Gasteiger partial charge on any atom is -0.448 e. The molecule has 6 nitrogen and oxygen atoms in total. The Morgan fingerprint density at radius 2 is 1.93 bits per heavy atom. The van der Waals surface area contributed by atoms with Crippen LogP contribution in [0.4, 0.5) is 5.69 Å². The van der Waals surface area contributed by atoms with Crippen LogP contribution in [0.25, 0.3) is 10.6 Å². The molecule has 0 spiro atoms. The molecule has 1 atom stereocenters. The molecule has 1 aromatic heterocycles. The fourth-order valence-corrected chi connectivity index (χ4v) is 3.42. The number of aromatic nitrogens is 1. The average Bonchev–Trinajstić information content (AvgIpc) is 3.10. The molecule has 0 fully saturated rings. The molecule has 0 aliphatic heterocycles. The van der Waals surface area contributed by atoms with Crippen LogP contribution in [-0.2, 0) is 9.53 Å². The van der Waals surface area contributed by atoms with E-state index in [1.807, 2.05) is 36.4 Å². The Balaban J connectivity index is 1.68. The molecule has 0 radical (unpaired) electrons. The minimum absolute atomic E-state index is 0.366. The number of thiazole rings is 1. The van der Waals surface area contributed by atoms with Gasteiger partial charge < -0.3 is 10.1 Å². The molecule has 7 heteroatoms. The van der Waals surface area contributed by atoms with E-state index in [0.29, 0.717) is 21.8 Å². The van der Waals surface area contributed by atoms with E-state index in [9.17, 15) is 9.59 Å². The molecular weight excluding hydrogens is 374 g/mol. The molecule has 1 amide bonds. The van der Waals surface area contributed by atoms with Crippen LogP contribution in [0.2, 0.25) is 0 Å². The van der Waals surface area contributed by atoms with Crippen molar-refractivity contribution in [1.82, 2.24) is 4.98 Å². The lowest BCUT2D eigenvalue weighted by Crippen LogP contribution is -2.30. The number of ether oxygens (including phenoxy) is 1. The van der Waals surface area contributed by atoms with Crippen LogP contribution in [0.1, 0.15) is 27.9 Å². The van der Waals surface area contributed by atoms with Crippen molar-refractivity contribution in [2.45, 2.75) is 20.0 Å². The number of nitrogens with zero attached hydrogens (tertiary/aromatic N) is 2. The van der Waals surface area contributed by atoms with Gasteiger partial charge in [0, 0.05) is 11.3 Å². The monoisotopic (exact) mass is 391 g/mol. The molecule has 28 heavy (non-hydrogen) atoms. The summed E-state index contributed by atoms with van der Waals surface area (Å²) in [6.07, 6.45) is -1.00. The number of rotatable bonds is 5. The first kappa shape index (κ1) is 19.3. The van der Waals surface area contributed by atoms with Crippen molar-refractivity contribution in [2.24, 2.45) is 0 Å². The first-order valence-corrected chi connectivity index (χ1v) is 9.34. The lowest BCUT2D eigenvalue weighted by Gasteiger charge is -2.13. The van der Waals surface area contributed by atoms with E-state index >= 15 is 0 Å². The second-order valence-electron chi connectivity index (χ2n) is 6.03. The normalized spacial score (nSPS) is 11.3. The molecule has 0 aliphatic carbocycles. The fraction of sp³-hybridized carbons (Fsp3) is 0.143. The Morgan fingerprint density at radius 3 is 2.64 bits per heavy atom. The average molecular weight is 391 g/mol. The zero-order chi connectivity index (χ0) is 20.1. The standard InChI is InChI=1S/C21H17N3O3S/c1-13-18(28-20(23-13)16-8-4-3-5-9-16)21(26)27-14(2)19(25)24-17-10-6-7-15(11-17)12-22/h3-11,14H,1-2H3,(H,24,25)/t14-/m0/s1. The molecule has 1 N–H and O–H groups in total. The Hall–Kier alpha value is -3.50. The summed E-state index contributed by atoms with van der Waals surface area (Å²) in [4.78, 5) is 29.6. The molecule has 0 unspecified atom stereocenters. The third kappa shape index (κ3) is 4.42. The van der Waals surface area contributed by atoms with Gasteiger partial charge in [0.1, 0.15) is 9.88 Å². The lowest BCUT2D eigenvalue weighted by atomic mass is 10.2. The molecule has 140 valence electrons. The summed E-state index contributed by atoms with van der Waals surface area (Å²) in [6, 6.07) is 18.0. The van der Waals surface area contributed by atoms with Crippen LogP contribution < -0.4 is 5.32 Å². The maximum absolute atomic E-state index is 12.5. The Morgan fingerprint density at radius 1 is 1.18 bits per heavy atom. The van der Waals surface area contributed by atoms with Gasteiger partial charge >= 0.3 is 5.97 Å². The van der Waals surface area contributed by atoms with E-state index < -0.39 is 18.0 Å². The van der Waals surface area contributed by atoms with E-state index in [2.05, 4.69) is 10.3 Å². The molecule has 2 aromatic carbocycles. The predicted octanol–water partition coefficient (Wildman–Crippen LogP) is 4.17. The molecule has 1 heterocycles. The van der Waals surface area contributed by atoms with E-state index in [1.54, 1.807) is 31.2 Å². The topological polar surface area (TPSA) is 92.1 Å². The number of amides is 1. The number of hydrogen-bond donors (Lipinski definition) is 1. The predicted molar refractivity (Wildman–Crippen MR) is 107 cm³/mol. The maximum atomic E-state index is 12.5. The van der Waals surface area contributed by atoms with Gasteiger partial charge in [-0.1, -0.05) is 36.4 Å². The van der Waals surface area contributed by atoms with E-state index in [-0.39, 0.29) is 0 Å². The quantitative estimate of drug-likeness (QED) is 0.659. The molecular formula is C21H17N3O3S. The van der Waals surface area contributed by atoms with Gasteiger partial charge in [0.25, 0.3) is 5.91 Å². The third-order valence-corrected chi connectivity index (χ3v) is 5.10. The highest BCUT2D eigenvalue weighted by Crippen LogP contribution is 2.28. The van der Waals surface area contributed by atoms with Gasteiger partial charge in [-0.25, -0.2) is 9.78 Å². The van der Waals surface area contributed by atoms with Crippen molar-refractivity contribution in [3.05, 3.63) is 70.7 Å². The van der Waals surface area contributed by atoms with Gasteiger partial charge in [-0.3, -0.25) is 4.79 Å². The number of nitrogens with one attached hydrogen (secondary N) is 1. The van der Waals surface area contributed by atoms with E-state index in [0.717, 1.165) is 10.6 Å². The van der Waals surface area contributed by atoms with E-state index in [1.165, 1.54) is 18.3 Å². The second kappa shape index (κ2) is 8.46. The highest BCUT2D eigenvalue weighted by molar-refractivity contribution is 7.17. The van der Waals surface area contributed by atoms with Crippen molar-refractivity contribution in [2.75, 3.05) is 5.32 Å². The maximum Gasteiger partial charge on any atom is 0.351 e. The largest absolute Gasteiger partial charge is 0.448 e. The SMILES string of the molecule is Cc1nc(-c2ccccc2)sc1C(=O)O[C@@H](C)C(=O)Nc1cccc(C#N)c1. The summed E-state index contributed by atoms with van der Waals surface area (Å²) in [6.45, 7) is 3.23. The molecule has 0 aliphatic rings. The van der Waals surface area contributed by atoms with Crippen molar-refractivity contribution < 1.29 is 14.3 Å². The first-order valence-electron chi connectivity index (χ1n) is 8.53. The van der Waals surface area contributed by atoms with Crippen LogP contribution in [0.15, 0.2) is 54.6 Å². The summed E-state index contributed by atoms with van der Waals surface area (Å²) >= 11 is 1.23. The van der Waals surface area contributed by atoms with Crippen LogP contribution >= 0.6 is 11.3 Å². The summed E-state index contributed by atoms with van der Waals surface area (Å²) in [5.74, 6) is -1.07. The van der Waals surface area contributed by atoms with Crippen LogP contribution in [0.3, 0.4) is 0 Å². The van der Waals surface area contributed by atoms with Crippen molar-refractivity contribution >= 4 is 28.9 Å². The van der Waals surface area contributed by atoms with Crippen molar-refractivity contribution in [3.63, 3.8) is 0 Å². The van der Waals surface area contributed by atoms with Gasteiger partial charge in [0.05, 0.1) is 17.3 Å². The number of carbonyl (C=O) groups excluding carboxylic acids is 2. The Kier molecular flexibility index (Phi) is 5.82. The summed E-state index contributed by atoms with van der Waals surface area (Å²) < 4.78 is 5.31. The number of nitriles is 1.